The van der Waals surface area contributed by atoms with Crippen LogP contribution in [0.5, 0.6) is 5.75 Å². The summed E-state index contributed by atoms with van der Waals surface area (Å²) in [7, 11) is 0. The molecule has 3 heteroatoms. The van der Waals surface area contributed by atoms with E-state index in [1.165, 1.54) is 6.07 Å². The van der Waals surface area contributed by atoms with Crippen LogP contribution >= 0.6 is 11.6 Å². The summed E-state index contributed by atoms with van der Waals surface area (Å²) < 4.78 is 18.3. The average molecular weight is 215 g/mol. The standard InChI is InChI=1S/C11H12ClFO/c1-9-4-5-10(13)11(8-9)14-7-3-2-6-12/h2-5,8H,6-7H2,1H3. The Morgan fingerprint density at radius 2 is 2.21 bits per heavy atom. The number of alkyl halides is 1. The van der Waals surface area contributed by atoms with E-state index in [4.69, 9.17) is 16.3 Å². The maximum atomic E-state index is 13.1. The molecule has 0 aliphatic carbocycles. The number of rotatable bonds is 4. The smallest absolute Gasteiger partial charge is 0.165 e. The molecule has 1 nitrogen and oxygen atoms in total. The van der Waals surface area contributed by atoms with Gasteiger partial charge in [0.2, 0.25) is 0 Å². The molecule has 0 fully saturated rings. The second-order valence-electron chi connectivity index (χ2n) is 2.87. The lowest BCUT2D eigenvalue weighted by Gasteiger charge is -2.04. The highest BCUT2D eigenvalue weighted by molar-refractivity contribution is 6.18. The van der Waals surface area contributed by atoms with Crippen LogP contribution in [0.25, 0.3) is 0 Å². The molecule has 0 amide bonds. The molecule has 0 atom stereocenters. The second kappa shape index (κ2) is 5.66. The highest BCUT2D eigenvalue weighted by Crippen LogP contribution is 2.17. The molecule has 0 aromatic heterocycles. The molecule has 1 aromatic carbocycles. The maximum Gasteiger partial charge on any atom is 0.165 e. The largest absolute Gasteiger partial charge is 0.486 e. The van der Waals surface area contributed by atoms with Gasteiger partial charge in [-0.15, -0.1) is 11.6 Å². The van der Waals surface area contributed by atoms with Gasteiger partial charge in [0.1, 0.15) is 6.61 Å². The Hall–Kier alpha value is -1.02. The maximum absolute atomic E-state index is 13.1. The quantitative estimate of drug-likeness (QED) is 0.552. The summed E-state index contributed by atoms with van der Waals surface area (Å²) in [4.78, 5) is 0. The average Bonchev–Trinajstić information content (AvgIpc) is 2.18. The van der Waals surface area contributed by atoms with E-state index in [0.717, 1.165) is 5.56 Å². The molecular weight excluding hydrogens is 203 g/mol. The third-order valence-electron chi connectivity index (χ3n) is 1.68. The molecule has 0 unspecified atom stereocenters. The monoisotopic (exact) mass is 214 g/mol. The number of allylic oxidation sites excluding steroid dienone is 1. The Morgan fingerprint density at radius 1 is 1.43 bits per heavy atom. The highest BCUT2D eigenvalue weighted by Gasteiger charge is 2.01. The molecule has 0 N–H and O–H groups in total. The number of aryl methyl sites for hydroxylation is 1. The van der Waals surface area contributed by atoms with Crippen molar-refractivity contribution in [3.8, 4) is 5.75 Å². The third-order valence-corrected chi connectivity index (χ3v) is 1.86. The number of hydrogen-bond acceptors (Lipinski definition) is 1. The van der Waals surface area contributed by atoms with Crippen molar-refractivity contribution in [2.45, 2.75) is 6.92 Å². The predicted molar refractivity (Wildman–Crippen MR) is 56.5 cm³/mol. The number of hydrogen-bond donors (Lipinski definition) is 0. The van der Waals surface area contributed by atoms with Crippen LogP contribution in [0.15, 0.2) is 30.4 Å². The van der Waals surface area contributed by atoms with E-state index < -0.39 is 0 Å². The molecule has 0 bridgehead atoms. The lowest BCUT2D eigenvalue weighted by Crippen LogP contribution is -1.96. The normalized spacial score (nSPS) is 10.8. The van der Waals surface area contributed by atoms with Gasteiger partial charge in [0.15, 0.2) is 11.6 Å². The summed E-state index contributed by atoms with van der Waals surface area (Å²) in [5.74, 6) is 0.388. The Morgan fingerprint density at radius 3 is 2.93 bits per heavy atom. The Bertz CT molecular complexity index is 323. The lowest BCUT2D eigenvalue weighted by atomic mass is 10.2. The molecule has 1 rings (SSSR count). The summed E-state index contributed by atoms with van der Waals surface area (Å²) in [5, 5.41) is 0. The zero-order valence-corrected chi connectivity index (χ0v) is 8.72. The fourth-order valence-electron chi connectivity index (χ4n) is 0.990. The van der Waals surface area contributed by atoms with E-state index in [2.05, 4.69) is 0 Å². The predicted octanol–water partition coefficient (Wildman–Crippen LogP) is 3.31. The minimum atomic E-state index is -0.338. The first-order chi connectivity index (χ1) is 6.74. The summed E-state index contributed by atoms with van der Waals surface area (Å²) in [6, 6.07) is 4.77. The molecule has 0 aliphatic rings. The van der Waals surface area contributed by atoms with Crippen LogP contribution in [-0.4, -0.2) is 12.5 Å². The second-order valence-corrected chi connectivity index (χ2v) is 3.18. The fourth-order valence-corrected chi connectivity index (χ4v) is 1.12. The van der Waals surface area contributed by atoms with Crippen molar-refractivity contribution in [3.63, 3.8) is 0 Å². The number of ether oxygens (including phenoxy) is 1. The first-order valence-corrected chi connectivity index (χ1v) is 4.87. The van der Waals surface area contributed by atoms with Crippen LogP contribution in [0.3, 0.4) is 0 Å². The van der Waals surface area contributed by atoms with Gasteiger partial charge in [-0.2, -0.15) is 0 Å². The topological polar surface area (TPSA) is 9.23 Å². The van der Waals surface area contributed by atoms with Gasteiger partial charge in [0.05, 0.1) is 0 Å². The van der Waals surface area contributed by atoms with Gasteiger partial charge in [0.25, 0.3) is 0 Å². The first kappa shape index (κ1) is 11.1. The van der Waals surface area contributed by atoms with Crippen LogP contribution < -0.4 is 4.74 Å². The summed E-state index contributed by atoms with van der Waals surface area (Å²) >= 11 is 5.42. The molecule has 0 aliphatic heterocycles. The van der Waals surface area contributed by atoms with Gasteiger partial charge in [-0.1, -0.05) is 18.2 Å². The van der Waals surface area contributed by atoms with Crippen LogP contribution in [0.1, 0.15) is 5.56 Å². The van der Waals surface area contributed by atoms with Crippen LogP contribution in [-0.2, 0) is 0 Å². The third kappa shape index (κ3) is 3.38. The van der Waals surface area contributed by atoms with E-state index in [9.17, 15) is 4.39 Å². The van der Waals surface area contributed by atoms with E-state index >= 15 is 0 Å². The van der Waals surface area contributed by atoms with Crippen molar-refractivity contribution in [1.82, 2.24) is 0 Å². The van der Waals surface area contributed by atoms with E-state index in [-0.39, 0.29) is 11.6 Å². The van der Waals surface area contributed by atoms with Crippen molar-refractivity contribution in [2.75, 3.05) is 12.5 Å². The molecule has 0 heterocycles. The zero-order valence-electron chi connectivity index (χ0n) is 7.97. The number of halogens is 2. The van der Waals surface area contributed by atoms with Gasteiger partial charge in [-0.05, 0) is 24.6 Å². The van der Waals surface area contributed by atoms with Gasteiger partial charge < -0.3 is 4.74 Å². The van der Waals surface area contributed by atoms with Gasteiger partial charge in [-0.3, -0.25) is 0 Å². The molecular formula is C11H12ClFO. The van der Waals surface area contributed by atoms with E-state index in [1.54, 1.807) is 24.3 Å². The molecule has 1 aromatic rings. The van der Waals surface area contributed by atoms with Crippen molar-refractivity contribution in [3.05, 3.63) is 41.7 Å². The molecule has 0 spiro atoms. The van der Waals surface area contributed by atoms with Crippen LogP contribution in [0.2, 0.25) is 0 Å². The number of benzene rings is 1. The lowest BCUT2D eigenvalue weighted by molar-refractivity contribution is 0.341. The summed E-state index contributed by atoms with van der Waals surface area (Å²) in [6.45, 7) is 2.23. The molecule has 0 radical (unpaired) electrons. The van der Waals surface area contributed by atoms with Crippen molar-refractivity contribution in [1.29, 1.82) is 0 Å². The fraction of sp³-hybridized carbons (Fsp3) is 0.273. The summed E-state index contributed by atoms with van der Waals surface area (Å²) in [6.07, 6.45) is 3.52. The van der Waals surface area contributed by atoms with Crippen molar-refractivity contribution >= 4 is 11.6 Å². The Labute approximate surface area is 88.1 Å². The van der Waals surface area contributed by atoms with E-state index in [1.807, 2.05) is 6.92 Å². The Kier molecular flexibility index (Phi) is 4.47. The Balaban J connectivity index is 2.57. The molecule has 14 heavy (non-hydrogen) atoms. The summed E-state index contributed by atoms with van der Waals surface area (Å²) in [5.41, 5.74) is 0.975. The van der Waals surface area contributed by atoms with Crippen molar-refractivity contribution < 1.29 is 9.13 Å². The van der Waals surface area contributed by atoms with Crippen LogP contribution in [0, 0.1) is 12.7 Å². The van der Waals surface area contributed by atoms with Gasteiger partial charge in [-0.25, -0.2) is 4.39 Å². The molecule has 0 saturated heterocycles. The van der Waals surface area contributed by atoms with Gasteiger partial charge >= 0.3 is 0 Å². The SMILES string of the molecule is Cc1ccc(F)c(OCC=CCCl)c1. The van der Waals surface area contributed by atoms with Gasteiger partial charge in [0, 0.05) is 5.88 Å². The van der Waals surface area contributed by atoms with Crippen LogP contribution in [0.4, 0.5) is 4.39 Å². The molecule has 76 valence electrons. The highest BCUT2D eigenvalue weighted by atomic mass is 35.5. The zero-order chi connectivity index (χ0) is 10.4. The molecule has 0 saturated carbocycles. The minimum absolute atomic E-state index is 0.282. The first-order valence-electron chi connectivity index (χ1n) is 4.34. The minimum Gasteiger partial charge on any atom is -0.486 e. The van der Waals surface area contributed by atoms with Crippen molar-refractivity contribution in [2.24, 2.45) is 0 Å². The van der Waals surface area contributed by atoms with E-state index in [0.29, 0.717) is 12.5 Å².